The smallest absolute Gasteiger partial charge is 0.212 e. The van der Waals surface area contributed by atoms with Gasteiger partial charge in [-0.15, -0.1) is 11.6 Å². The van der Waals surface area contributed by atoms with E-state index in [1.807, 2.05) is 6.20 Å². The van der Waals surface area contributed by atoms with E-state index in [1.165, 1.54) is 11.3 Å². The van der Waals surface area contributed by atoms with Crippen LogP contribution < -0.4 is 0 Å². The number of thiazole rings is 1. The van der Waals surface area contributed by atoms with Crippen LogP contribution in [0.2, 0.25) is 5.15 Å². The van der Waals surface area contributed by atoms with Crippen LogP contribution in [0.25, 0.3) is 5.13 Å². The van der Waals surface area contributed by atoms with E-state index in [1.54, 1.807) is 10.9 Å². The number of rotatable bonds is 2. The summed E-state index contributed by atoms with van der Waals surface area (Å²) in [4.78, 5) is 5.00. The average molecular weight is 313 g/mol. The zero-order valence-electron chi connectivity index (χ0n) is 6.75. The maximum Gasteiger partial charge on any atom is 0.212 e. The molecule has 0 unspecified atom stereocenters. The van der Waals surface area contributed by atoms with Crippen LogP contribution in [0.15, 0.2) is 16.9 Å². The monoisotopic (exact) mass is 311 g/mol. The van der Waals surface area contributed by atoms with E-state index in [-0.39, 0.29) is 0 Å². The molecule has 2 heterocycles. The van der Waals surface area contributed by atoms with Gasteiger partial charge in [-0.25, -0.2) is 9.67 Å². The number of hydrogen-bond acceptors (Lipinski definition) is 3. The molecule has 0 aliphatic rings. The summed E-state index contributed by atoms with van der Waals surface area (Å²) in [7, 11) is 0. The summed E-state index contributed by atoms with van der Waals surface area (Å²) in [5.41, 5.74) is 0. The maximum atomic E-state index is 5.86. The molecule has 2 aromatic rings. The van der Waals surface area contributed by atoms with Crippen molar-refractivity contribution in [2.45, 2.75) is 5.88 Å². The number of halogens is 3. The molecule has 0 aromatic carbocycles. The Morgan fingerprint density at radius 3 is 2.86 bits per heavy atom. The first-order valence-corrected chi connectivity index (χ1v) is 6.14. The zero-order valence-corrected chi connectivity index (χ0v) is 10.7. The lowest BCUT2D eigenvalue weighted by atomic mass is 10.6. The highest BCUT2D eigenvalue weighted by Crippen LogP contribution is 2.27. The van der Waals surface area contributed by atoms with Crippen molar-refractivity contribution in [3.8, 4) is 5.13 Å². The van der Waals surface area contributed by atoms with Gasteiger partial charge in [-0.1, -0.05) is 22.9 Å². The Labute approximate surface area is 103 Å². The molecule has 0 aliphatic carbocycles. The van der Waals surface area contributed by atoms with Crippen molar-refractivity contribution in [3.05, 3.63) is 26.9 Å². The fraction of sp³-hybridized carbons (Fsp3) is 0.143. The molecular weight excluding hydrogens is 309 g/mol. The van der Waals surface area contributed by atoms with E-state index >= 15 is 0 Å². The summed E-state index contributed by atoms with van der Waals surface area (Å²) in [5.74, 6) is 0.374. The quantitative estimate of drug-likeness (QED) is 0.795. The Morgan fingerprint density at radius 2 is 2.36 bits per heavy atom. The molecule has 2 aromatic heterocycles. The first-order chi connectivity index (χ1) is 6.70. The molecule has 0 fully saturated rings. The van der Waals surface area contributed by atoms with Gasteiger partial charge in [0.1, 0.15) is 5.15 Å². The molecule has 0 spiro atoms. The highest BCUT2D eigenvalue weighted by atomic mass is 79.9. The largest absolute Gasteiger partial charge is 0.212 e. The summed E-state index contributed by atoms with van der Waals surface area (Å²) < 4.78 is 2.55. The molecule has 0 aliphatic heterocycles. The zero-order chi connectivity index (χ0) is 10.1. The van der Waals surface area contributed by atoms with Gasteiger partial charge < -0.3 is 0 Å². The normalized spacial score (nSPS) is 10.8. The lowest BCUT2D eigenvalue weighted by molar-refractivity contribution is 0.869. The van der Waals surface area contributed by atoms with Gasteiger partial charge in [0.15, 0.2) is 0 Å². The standard InChI is InChI=1S/C7H4BrCl2N3S/c8-4-2-11-13(3-4)7-12-6(10)5(1-9)14-7/h2-3H,1H2. The second-order valence-corrected chi connectivity index (χ2v) is 5.05. The average Bonchev–Trinajstić information content (AvgIpc) is 2.71. The van der Waals surface area contributed by atoms with Gasteiger partial charge in [0.2, 0.25) is 5.13 Å². The van der Waals surface area contributed by atoms with Gasteiger partial charge in [-0.3, -0.25) is 0 Å². The van der Waals surface area contributed by atoms with E-state index in [0.717, 1.165) is 14.5 Å². The van der Waals surface area contributed by atoms with E-state index in [2.05, 4.69) is 26.0 Å². The van der Waals surface area contributed by atoms with Crippen molar-refractivity contribution < 1.29 is 0 Å². The van der Waals surface area contributed by atoms with Crippen LogP contribution >= 0.6 is 50.5 Å². The Kier molecular flexibility index (Phi) is 3.11. The lowest BCUT2D eigenvalue weighted by Crippen LogP contribution is -1.91. The van der Waals surface area contributed by atoms with Crippen molar-refractivity contribution in [1.29, 1.82) is 0 Å². The van der Waals surface area contributed by atoms with Gasteiger partial charge in [0.25, 0.3) is 0 Å². The molecule has 2 rings (SSSR count). The van der Waals surface area contributed by atoms with Gasteiger partial charge in [-0.2, -0.15) is 5.10 Å². The fourth-order valence-electron chi connectivity index (χ4n) is 0.907. The second kappa shape index (κ2) is 4.18. The Morgan fingerprint density at radius 1 is 1.57 bits per heavy atom. The predicted octanol–water partition coefficient (Wildman–Crippen LogP) is 3.48. The summed E-state index contributed by atoms with van der Waals surface area (Å²) in [6, 6.07) is 0. The predicted molar refractivity (Wildman–Crippen MR) is 61.5 cm³/mol. The van der Waals surface area contributed by atoms with Crippen LogP contribution in [0.1, 0.15) is 4.88 Å². The molecule has 0 atom stereocenters. The molecule has 0 radical (unpaired) electrons. The highest BCUT2D eigenvalue weighted by Gasteiger charge is 2.10. The summed E-state index contributed by atoms with van der Waals surface area (Å²) in [6.45, 7) is 0. The number of alkyl halides is 1. The summed E-state index contributed by atoms with van der Waals surface area (Å²) in [5, 5.41) is 5.26. The van der Waals surface area contributed by atoms with Crippen molar-refractivity contribution >= 4 is 50.5 Å². The van der Waals surface area contributed by atoms with Crippen LogP contribution in [0.5, 0.6) is 0 Å². The van der Waals surface area contributed by atoms with Crippen molar-refractivity contribution in [2.24, 2.45) is 0 Å². The van der Waals surface area contributed by atoms with E-state index in [9.17, 15) is 0 Å². The first-order valence-electron chi connectivity index (χ1n) is 3.62. The summed E-state index contributed by atoms with van der Waals surface area (Å²) >= 11 is 16.3. The molecule has 0 N–H and O–H groups in total. The third kappa shape index (κ3) is 1.95. The van der Waals surface area contributed by atoms with E-state index < -0.39 is 0 Å². The minimum absolute atomic E-state index is 0.374. The molecule has 7 heteroatoms. The highest BCUT2D eigenvalue weighted by molar-refractivity contribution is 9.10. The Bertz CT molecular complexity index is 453. The molecular formula is C7H4BrCl2N3S. The van der Waals surface area contributed by atoms with Crippen molar-refractivity contribution in [2.75, 3.05) is 0 Å². The van der Waals surface area contributed by atoms with Gasteiger partial charge in [-0.05, 0) is 15.9 Å². The maximum absolute atomic E-state index is 5.86. The second-order valence-electron chi connectivity index (χ2n) is 2.45. The van der Waals surface area contributed by atoms with Crippen LogP contribution in [0.4, 0.5) is 0 Å². The third-order valence-electron chi connectivity index (χ3n) is 1.51. The topological polar surface area (TPSA) is 30.7 Å². The number of aromatic nitrogens is 3. The van der Waals surface area contributed by atoms with E-state index in [0.29, 0.717) is 11.0 Å². The fourth-order valence-corrected chi connectivity index (χ4v) is 2.60. The Balaban J connectivity index is 2.42. The number of nitrogens with zero attached hydrogens (tertiary/aromatic N) is 3. The first kappa shape index (κ1) is 10.4. The third-order valence-corrected chi connectivity index (χ3v) is 3.81. The minimum atomic E-state index is 0.374. The van der Waals surface area contributed by atoms with E-state index in [4.69, 9.17) is 23.2 Å². The lowest BCUT2D eigenvalue weighted by Gasteiger charge is -1.90. The molecule has 0 bridgehead atoms. The van der Waals surface area contributed by atoms with Crippen molar-refractivity contribution in [1.82, 2.24) is 14.8 Å². The van der Waals surface area contributed by atoms with Crippen LogP contribution in [0.3, 0.4) is 0 Å². The SMILES string of the molecule is ClCc1sc(-n2cc(Br)cn2)nc1Cl. The molecule has 0 saturated heterocycles. The van der Waals surface area contributed by atoms with Crippen LogP contribution in [0, 0.1) is 0 Å². The van der Waals surface area contributed by atoms with Gasteiger partial charge in [0.05, 0.1) is 21.4 Å². The molecule has 14 heavy (non-hydrogen) atoms. The summed E-state index contributed by atoms with van der Waals surface area (Å²) in [6.07, 6.45) is 3.50. The molecule has 3 nitrogen and oxygen atoms in total. The molecule has 74 valence electrons. The van der Waals surface area contributed by atoms with Gasteiger partial charge >= 0.3 is 0 Å². The molecule has 0 amide bonds. The minimum Gasteiger partial charge on any atom is -0.212 e. The van der Waals surface area contributed by atoms with Gasteiger partial charge in [0, 0.05) is 6.20 Å². The van der Waals surface area contributed by atoms with Crippen LogP contribution in [-0.2, 0) is 5.88 Å². The number of hydrogen-bond donors (Lipinski definition) is 0. The molecule has 0 saturated carbocycles. The van der Waals surface area contributed by atoms with Crippen LogP contribution in [-0.4, -0.2) is 14.8 Å². The Hall–Kier alpha value is -0.100. The van der Waals surface area contributed by atoms with Crippen molar-refractivity contribution in [3.63, 3.8) is 0 Å².